The van der Waals surface area contributed by atoms with Gasteiger partial charge in [-0.3, -0.25) is 9.69 Å². The molecule has 1 amide bonds. The molecule has 1 saturated heterocycles. The molecule has 4 nitrogen and oxygen atoms in total. The molecule has 1 fully saturated rings. The van der Waals surface area contributed by atoms with Crippen molar-refractivity contribution in [3.63, 3.8) is 0 Å². The van der Waals surface area contributed by atoms with Gasteiger partial charge < -0.3 is 10.6 Å². The molecule has 0 spiro atoms. The van der Waals surface area contributed by atoms with Gasteiger partial charge in [0.05, 0.1) is 6.54 Å². The Morgan fingerprint density at radius 2 is 2.44 bits per heavy atom. The number of carbonyl (C=O) groups excluding carboxylic acids is 1. The van der Waals surface area contributed by atoms with Gasteiger partial charge in [-0.05, 0) is 25.1 Å². The van der Waals surface area contributed by atoms with Gasteiger partial charge in [0.15, 0.2) is 0 Å². The van der Waals surface area contributed by atoms with Gasteiger partial charge in [0.2, 0.25) is 5.91 Å². The highest BCUT2D eigenvalue weighted by Gasteiger charge is 2.17. The van der Waals surface area contributed by atoms with Crippen LogP contribution in [0, 0.1) is 5.82 Å². The second-order valence-corrected chi connectivity index (χ2v) is 4.65. The topological polar surface area (TPSA) is 44.4 Å². The van der Waals surface area contributed by atoms with Crippen molar-refractivity contribution in [1.29, 1.82) is 0 Å². The van der Waals surface area contributed by atoms with E-state index in [1.165, 1.54) is 12.1 Å². The van der Waals surface area contributed by atoms with Gasteiger partial charge >= 0.3 is 0 Å². The lowest BCUT2D eigenvalue weighted by atomic mass is 10.2. The number of amides is 1. The molecule has 18 heavy (non-hydrogen) atoms. The maximum Gasteiger partial charge on any atom is 0.238 e. The van der Waals surface area contributed by atoms with Crippen LogP contribution in [-0.4, -0.2) is 43.0 Å². The molecule has 0 aromatic heterocycles. The molecular weight excluding hydrogens is 233 g/mol. The average Bonchev–Trinajstić information content (AvgIpc) is 2.28. The number of benzene rings is 1. The van der Waals surface area contributed by atoms with Crippen LogP contribution in [-0.2, 0) is 4.79 Å². The summed E-state index contributed by atoms with van der Waals surface area (Å²) < 4.78 is 13.0. The Morgan fingerprint density at radius 3 is 3.17 bits per heavy atom. The molecule has 0 saturated carbocycles. The second kappa shape index (κ2) is 5.93. The zero-order valence-corrected chi connectivity index (χ0v) is 10.4. The van der Waals surface area contributed by atoms with Crippen molar-refractivity contribution < 1.29 is 9.18 Å². The lowest BCUT2D eigenvalue weighted by Gasteiger charge is -2.31. The summed E-state index contributed by atoms with van der Waals surface area (Å²) in [5.74, 6) is -0.446. The number of carbonyl (C=O) groups is 1. The third kappa shape index (κ3) is 3.78. The van der Waals surface area contributed by atoms with E-state index < -0.39 is 0 Å². The Bertz CT molecular complexity index is 424. The molecule has 1 aromatic rings. The lowest BCUT2D eigenvalue weighted by molar-refractivity contribution is -0.117. The quantitative estimate of drug-likeness (QED) is 0.844. The Labute approximate surface area is 106 Å². The van der Waals surface area contributed by atoms with E-state index in [2.05, 4.69) is 22.5 Å². The second-order valence-electron chi connectivity index (χ2n) is 4.65. The number of halogens is 1. The molecule has 1 aromatic carbocycles. The third-order valence-electron chi connectivity index (χ3n) is 2.93. The van der Waals surface area contributed by atoms with Crippen LogP contribution in [0.3, 0.4) is 0 Å². The van der Waals surface area contributed by atoms with E-state index in [9.17, 15) is 9.18 Å². The molecule has 0 aliphatic carbocycles. The monoisotopic (exact) mass is 251 g/mol. The number of piperazine rings is 1. The fourth-order valence-electron chi connectivity index (χ4n) is 2.13. The van der Waals surface area contributed by atoms with Crippen molar-refractivity contribution in [3.05, 3.63) is 30.1 Å². The summed E-state index contributed by atoms with van der Waals surface area (Å²) in [6.07, 6.45) is 0. The van der Waals surface area contributed by atoms with Crippen LogP contribution in [0.2, 0.25) is 0 Å². The summed E-state index contributed by atoms with van der Waals surface area (Å²) in [4.78, 5) is 13.9. The number of hydrogen-bond donors (Lipinski definition) is 2. The zero-order valence-electron chi connectivity index (χ0n) is 10.4. The van der Waals surface area contributed by atoms with E-state index in [0.29, 0.717) is 18.3 Å². The first-order valence-corrected chi connectivity index (χ1v) is 6.14. The van der Waals surface area contributed by atoms with Crippen molar-refractivity contribution in [3.8, 4) is 0 Å². The highest BCUT2D eigenvalue weighted by Crippen LogP contribution is 2.09. The van der Waals surface area contributed by atoms with Gasteiger partial charge in [-0.15, -0.1) is 0 Å². The van der Waals surface area contributed by atoms with Crippen LogP contribution in [0.5, 0.6) is 0 Å². The number of rotatable bonds is 3. The number of nitrogens with zero attached hydrogens (tertiary/aromatic N) is 1. The maximum atomic E-state index is 13.0. The summed E-state index contributed by atoms with van der Waals surface area (Å²) in [6, 6.07) is 6.34. The summed E-state index contributed by atoms with van der Waals surface area (Å²) >= 11 is 0. The Kier molecular flexibility index (Phi) is 4.28. The van der Waals surface area contributed by atoms with Gasteiger partial charge in [-0.2, -0.15) is 0 Å². The summed E-state index contributed by atoms with van der Waals surface area (Å²) in [6.45, 7) is 5.06. The number of nitrogens with one attached hydrogen (secondary N) is 2. The fourth-order valence-corrected chi connectivity index (χ4v) is 2.13. The average molecular weight is 251 g/mol. The Hall–Kier alpha value is -1.46. The summed E-state index contributed by atoms with van der Waals surface area (Å²) in [7, 11) is 0. The molecule has 1 heterocycles. The summed E-state index contributed by atoms with van der Waals surface area (Å²) in [5.41, 5.74) is 0.503. The van der Waals surface area contributed by atoms with E-state index in [1.54, 1.807) is 12.1 Å². The minimum atomic E-state index is -0.344. The standard InChI is InChI=1S/C13H18FN3O/c1-10-8-17(6-5-15-10)9-13(18)16-12-4-2-3-11(14)7-12/h2-4,7,10,15H,5-6,8-9H2,1H3,(H,16,18)/t10-/m1/s1. The predicted octanol–water partition coefficient (Wildman–Crippen LogP) is 1.06. The molecule has 2 rings (SSSR count). The molecule has 1 aliphatic heterocycles. The SMILES string of the molecule is C[C@@H]1CN(CC(=O)Nc2cccc(F)c2)CCN1. The predicted molar refractivity (Wildman–Crippen MR) is 68.9 cm³/mol. The van der Waals surface area contributed by atoms with Gasteiger partial charge in [-0.1, -0.05) is 6.07 Å². The van der Waals surface area contributed by atoms with E-state index in [0.717, 1.165) is 19.6 Å². The molecular formula is C13H18FN3O. The maximum absolute atomic E-state index is 13.0. The largest absolute Gasteiger partial charge is 0.325 e. The van der Waals surface area contributed by atoms with Crippen LogP contribution >= 0.6 is 0 Å². The minimum Gasteiger partial charge on any atom is -0.325 e. The van der Waals surface area contributed by atoms with Crippen LogP contribution in [0.1, 0.15) is 6.92 Å². The van der Waals surface area contributed by atoms with Crippen molar-refractivity contribution in [2.24, 2.45) is 0 Å². The first-order valence-electron chi connectivity index (χ1n) is 6.14. The van der Waals surface area contributed by atoms with E-state index in [4.69, 9.17) is 0 Å². The van der Waals surface area contributed by atoms with E-state index >= 15 is 0 Å². The first-order chi connectivity index (χ1) is 8.63. The summed E-state index contributed by atoms with van der Waals surface area (Å²) in [5, 5.41) is 6.02. The molecule has 2 N–H and O–H groups in total. The van der Waals surface area contributed by atoms with Crippen LogP contribution in [0.15, 0.2) is 24.3 Å². The molecule has 1 atom stereocenters. The fraction of sp³-hybridized carbons (Fsp3) is 0.462. The van der Waals surface area contributed by atoms with Crippen LogP contribution in [0.4, 0.5) is 10.1 Å². The van der Waals surface area contributed by atoms with Crippen LogP contribution < -0.4 is 10.6 Å². The van der Waals surface area contributed by atoms with E-state index in [-0.39, 0.29) is 11.7 Å². The van der Waals surface area contributed by atoms with Crippen molar-refractivity contribution in [2.45, 2.75) is 13.0 Å². The van der Waals surface area contributed by atoms with Gasteiger partial charge in [-0.25, -0.2) is 4.39 Å². The molecule has 98 valence electrons. The molecule has 0 unspecified atom stereocenters. The highest BCUT2D eigenvalue weighted by molar-refractivity contribution is 5.92. The smallest absolute Gasteiger partial charge is 0.238 e. The molecule has 0 radical (unpaired) electrons. The number of anilines is 1. The van der Waals surface area contributed by atoms with Crippen molar-refractivity contribution >= 4 is 11.6 Å². The van der Waals surface area contributed by atoms with Crippen molar-refractivity contribution in [1.82, 2.24) is 10.2 Å². The van der Waals surface area contributed by atoms with E-state index in [1.807, 2.05) is 0 Å². The first kappa shape index (κ1) is 13.0. The normalized spacial score (nSPS) is 20.7. The van der Waals surface area contributed by atoms with Gasteiger partial charge in [0, 0.05) is 31.4 Å². The van der Waals surface area contributed by atoms with Crippen LogP contribution in [0.25, 0.3) is 0 Å². The number of hydrogen-bond acceptors (Lipinski definition) is 3. The highest BCUT2D eigenvalue weighted by atomic mass is 19.1. The lowest BCUT2D eigenvalue weighted by Crippen LogP contribution is -2.51. The minimum absolute atomic E-state index is 0.102. The third-order valence-corrected chi connectivity index (χ3v) is 2.93. The van der Waals surface area contributed by atoms with Gasteiger partial charge in [0.1, 0.15) is 5.82 Å². The molecule has 0 bridgehead atoms. The Morgan fingerprint density at radius 1 is 1.61 bits per heavy atom. The van der Waals surface area contributed by atoms with Gasteiger partial charge in [0.25, 0.3) is 0 Å². The Balaban J connectivity index is 1.85. The molecule has 5 heteroatoms. The zero-order chi connectivity index (χ0) is 13.0. The molecule has 1 aliphatic rings. The van der Waals surface area contributed by atoms with Crippen molar-refractivity contribution in [2.75, 3.05) is 31.5 Å².